The first-order valence-electron chi connectivity index (χ1n) is 8.36. The summed E-state index contributed by atoms with van der Waals surface area (Å²) in [5.41, 5.74) is -0.367. The molecule has 0 bridgehead atoms. The molecule has 2 N–H and O–H groups in total. The Morgan fingerprint density at radius 1 is 1.31 bits per heavy atom. The average molecular weight is 361 g/mol. The second kappa shape index (κ2) is 7.61. The molecule has 1 saturated heterocycles. The van der Waals surface area contributed by atoms with Gasteiger partial charge in [-0.3, -0.25) is 0 Å². The summed E-state index contributed by atoms with van der Waals surface area (Å²) >= 11 is 0. The van der Waals surface area contributed by atoms with Gasteiger partial charge in [-0.1, -0.05) is 0 Å². The Bertz CT molecular complexity index is 742. The van der Waals surface area contributed by atoms with Crippen molar-refractivity contribution in [3.8, 4) is 11.8 Å². The minimum atomic E-state index is -0.836. The molecular weight excluding hydrogens is 338 g/mol. The van der Waals surface area contributed by atoms with E-state index < -0.39 is 5.60 Å². The number of urea groups is 1. The Kier molecular flexibility index (Phi) is 5.27. The predicted octanol–water partition coefficient (Wildman–Crippen LogP) is 1.35. The van der Waals surface area contributed by atoms with Crippen LogP contribution in [-0.4, -0.2) is 63.5 Å². The van der Waals surface area contributed by atoms with E-state index in [1.54, 1.807) is 29.6 Å². The lowest BCUT2D eigenvalue weighted by molar-refractivity contribution is -0.0248. The van der Waals surface area contributed by atoms with E-state index in [0.717, 1.165) is 0 Å². The summed E-state index contributed by atoms with van der Waals surface area (Å²) in [7, 11) is 2.99. The van der Waals surface area contributed by atoms with Gasteiger partial charge < -0.3 is 29.4 Å². The lowest BCUT2D eigenvalue weighted by Crippen LogP contribution is -2.49. The molecule has 9 nitrogen and oxygen atoms in total. The lowest BCUT2D eigenvalue weighted by Gasteiger charge is -2.38. The number of imidazole rings is 1. The van der Waals surface area contributed by atoms with Crippen LogP contribution < -0.4 is 14.8 Å². The van der Waals surface area contributed by atoms with Crippen LogP contribution in [0, 0.1) is 0 Å². The number of aliphatic hydroxyl groups is 1. The first-order chi connectivity index (χ1) is 12.5. The maximum Gasteiger partial charge on any atom is 0.321 e. The van der Waals surface area contributed by atoms with Crippen LogP contribution in [0.15, 0.2) is 30.9 Å². The van der Waals surface area contributed by atoms with Gasteiger partial charge in [-0.2, -0.15) is 4.98 Å². The number of nitrogens with zero attached hydrogens (tertiary/aromatic N) is 4. The number of pyridine rings is 1. The maximum atomic E-state index is 12.5. The highest BCUT2D eigenvalue weighted by molar-refractivity contribution is 5.90. The third-order valence-corrected chi connectivity index (χ3v) is 4.50. The van der Waals surface area contributed by atoms with E-state index in [9.17, 15) is 9.90 Å². The van der Waals surface area contributed by atoms with Crippen molar-refractivity contribution in [3.63, 3.8) is 0 Å². The van der Waals surface area contributed by atoms with Gasteiger partial charge in [0.25, 0.3) is 0 Å². The summed E-state index contributed by atoms with van der Waals surface area (Å²) in [6, 6.07) is 3.08. The number of anilines is 1. The van der Waals surface area contributed by atoms with Gasteiger partial charge in [0, 0.05) is 31.5 Å². The van der Waals surface area contributed by atoms with Crippen LogP contribution in [-0.2, 0) is 6.54 Å². The van der Waals surface area contributed by atoms with Gasteiger partial charge >= 0.3 is 6.03 Å². The van der Waals surface area contributed by atoms with Crippen LogP contribution in [0.25, 0.3) is 0 Å². The molecule has 1 fully saturated rings. The number of hydrogen-bond donors (Lipinski definition) is 2. The summed E-state index contributed by atoms with van der Waals surface area (Å²) in [6.07, 6.45) is 6.18. The molecule has 3 rings (SSSR count). The second-order valence-corrected chi connectivity index (χ2v) is 6.29. The maximum absolute atomic E-state index is 12.5. The Balaban J connectivity index is 1.58. The highest BCUT2D eigenvalue weighted by atomic mass is 16.5. The van der Waals surface area contributed by atoms with Gasteiger partial charge in [0.1, 0.15) is 5.69 Å². The molecule has 0 aliphatic carbocycles. The van der Waals surface area contributed by atoms with Crippen LogP contribution in [0.2, 0.25) is 0 Å². The van der Waals surface area contributed by atoms with Gasteiger partial charge in [0.05, 0.1) is 32.7 Å². The largest absolute Gasteiger partial charge is 0.481 e. The molecule has 0 spiro atoms. The van der Waals surface area contributed by atoms with Crippen LogP contribution in [0.4, 0.5) is 10.5 Å². The number of aromatic nitrogens is 3. The number of carbonyl (C=O) groups excluding carboxylic acids is 1. The van der Waals surface area contributed by atoms with E-state index in [0.29, 0.717) is 44.0 Å². The summed E-state index contributed by atoms with van der Waals surface area (Å²) in [4.78, 5) is 22.3. The Hall–Kier alpha value is -2.81. The van der Waals surface area contributed by atoms with E-state index in [2.05, 4.69) is 15.3 Å². The fourth-order valence-electron chi connectivity index (χ4n) is 2.99. The van der Waals surface area contributed by atoms with Crippen molar-refractivity contribution in [1.29, 1.82) is 0 Å². The Morgan fingerprint density at radius 2 is 2.08 bits per heavy atom. The zero-order chi connectivity index (χ0) is 18.6. The summed E-state index contributed by atoms with van der Waals surface area (Å²) < 4.78 is 12.1. The van der Waals surface area contributed by atoms with Crippen molar-refractivity contribution in [2.24, 2.45) is 0 Å². The molecule has 2 amide bonds. The van der Waals surface area contributed by atoms with Crippen molar-refractivity contribution < 1.29 is 19.4 Å². The van der Waals surface area contributed by atoms with Gasteiger partial charge in [-0.15, -0.1) is 0 Å². The zero-order valence-electron chi connectivity index (χ0n) is 14.9. The molecule has 1 aliphatic heterocycles. The Labute approximate surface area is 151 Å². The van der Waals surface area contributed by atoms with Crippen molar-refractivity contribution in [1.82, 2.24) is 19.4 Å². The molecular formula is C17H23N5O4. The number of methoxy groups -OCH3 is 2. The number of nitrogens with one attached hydrogen (secondary N) is 1. The summed E-state index contributed by atoms with van der Waals surface area (Å²) in [6.45, 7) is 1.39. The molecule has 9 heteroatoms. The van der Waals surface area contributed by atoms with Crippen LogP contribution >= 0.6 is 0 Å². The Morgan fingerprint density at radius 3 is 2.69 bits per heavy atom. The topological polar surface area (TPSA) is 102 Å². The number of carbonyl (C=O) groups is 1. The molecule has 2 aromatic heterocycles. The smallest absolute Gasteiger partial charge is 0.321 e. The molecule has 0 atom stereocenters. The molecule has 0 unspecified atom stereocenters. The van der Waals surface area contributed by atoms with Crippen LogP contribution in [0.3, 0.4) is 0 Å². The third kappa shape index (κ3) is 4.05. The monoisotopic (exact) mass is 361 g/mol. The van der Waals surface area contributed by atoms with E-state index in [4.69, 9.17) is 9.47 Å². The summed E-state index contributed by atoms with van der Waals surface area (Å²) in [5, 5.41) is 13.5. The number of hydrogen-bond acceptors (Lipinski definition) is 6. The standard InChI is InChI=1S/C17H23N5O4/c1-25-14-4-3-13(15(20-14)26-2)19-16(23)22-8-5-17(24,6-9-22)11-21-10-7-18-12-21/h3-4,7,10,12,24H,5-6,8-9,11H2,1-2H3,(H,19,23). The minimum Gasteiger partial charge on any atom is -0.481 e. The zero-order valence-corrected chi connectivity index (χ0v) is 14.9. The van der Waals surface area contributed by atoms with Crippen LogP contribution in [0.1, 0.15) is 12.8 Å². The molecule has 0 saturated carbocycles. The molecule has 1 aliphatic rings. The van der Waals surface area contributed by atoms with Gasteiger partial charge in [-0.25, -0.2) is 9.78 Å². The molecule has 3 heterocycles. The molecule has 0 radical (unpaired) electrons. The van der Waals surface area contributed by atoms with E-state index >= 15 is 0 Å². The van der Waals surface area contributed by atoms with Crippen molar-refractivity contribution in [2.75, 3.05) is 32.6 Å². The molecule has 140 valence electrons. The average Bonchev–Trinajstić information content (AvgIpc) is 3.14. The number of piperidine rings is 1. The first-order valence-corrected chi connectivity index (χ1v) is 8.36. The van der Waals surface area contributed by atoms with E-state index in [1.165, 1.54) is 14.2 Å². The number of rotatable bonds is 5. The first kappa shape index (κ1) is 18.0. The predicted molar refractivity (Wildman–Crippen MR) is 94.3 cm³/mol. The van der Waals surface area contributed by atoms with E-state index in [-0.39, 0.29) is 11.9 Å². The third-order valence-electron chi connectivity index (χ3n) is 4.50. The van der Waals surface area contributed by atoms with Gasteiger partial charge in [0.15, 0.2) is 0 Å². The number of amides is 2. The molecule has 0 aromatic carbocycles. The second-order valence-electron chi connectivity index (χ2n) is 6.29. The number of likely N-dealkylation sites (tertiary alicyclic amines) is 1. The van der Waals surface area contributed by atoms with Crippen molar-refractivity contribution >= 4 is 11.7 Å². The van der Waals surface area contributed by atoms with Crippen LogP contribution in [0.5, 0.6) is 11.8 Å². The SMILES string of the molecule is COc1ccc(NC(=O)N2CCC(O)(Cn3ccnc3)CC2)c(OC)n1. The van der Waals surface area contributed by atoms with Crippen molar-refractivity contribution in [3.05, 3.63) is 30.9 Å². The quantitative estimate of drug-likeness (QED) is 0.834. The normalized spacial score (nSPS) is 16.2. The highest BCUT2D eigenvalue weighted by Gasteiger charge is 2.34. The number of ether oxygens (including phenoxy) is 2. The van der Waals surface area contributed by atoms with Gasteiger partial charge in [0.2, 0.25) is 11.8 Å². The molecule has 2 aromatic rings. The van der Waals surface area contributed by atoms with E-state index in [1.807, 2.05) is 10.8 Å². The highest BCUT2D eigenvalue weighted by Crippen LogP contribution is 2.27. The fourth-order valence-corrected chi connectivity index (χ4v) is 2.99. The van der Waals surface area contributed by atoms with Gasteiger partial charge in [-0.05, 0) is 18.9 Å². The molecule has 26 heavy (non-hydrogen) atoms. The lowest BCUT2D eigenvalue weighted by atomic mass is 9.91. The fraction of sp³-hybridized carbons (Fsp3) is 0.471. The minimum absolute atomic E-state index is 0.250. The summed E-state index contributed by atoms with van der Waals surface area (Å²) in [5.74, 6) is 0.689. The van der Waals surface area contributed by atoms with Crippen molar-refractivity contribution in [2.45, 2.75) is 25.0 Å².